The maximum Gasteiger partial charge on any atom is 0.303 e. The first kappa shape index (κ1) is 12.5. The zero-order valence-corrected chi connectivity index (χ0v) is 9.35. The predicted octanol–water partition coefficient (Wildman–Crippen LogP) is 1.43. The third kappa shape index (κ3) is 3.90. The quantitative estimate of drug-likeness (QED) is 0.765. The zero-order chi connectivity index (χ0) is 12.0. The van der Waals surface area contributed by atoms with Gasteiger partial charge in [-0.1, -0.05) is 18.2 Å². The second-order valence-electron chi connectivity index (χ2n) is 3.71. The molecule has 0 aliphatic carbocycles. The van der Waals surface area contributed by atoms with Gasteiger partial charge in [0.2, 0.25) is 0 Å². The Balaban J connectivity index is 2.55. The van der Waals surface area contributed by atoms with Crippen molar-refractivity contribution in [1.82, 2.24) is 0 Å². The number of carboxylic acid groups (broad SMARTS) is 1. The maximum absolute atomic E-state index is 10.4. The third-order valence-corrected chi connectivity index (χ3v) is 2.40. The van der Waals surface area contributed by atoms with E-state index in [-0.39, 0.29) is 12.5 Å². The molecule has 4 heteroatoms. The molecule has 0 aromatic heterocycles. The standard InChI is InChI=1S/C12H17NO3/c1-16-11-5-3-2-4-9(11)8-10(13)6-7-12(14)15/h2-5,10H,6-8,13H2,1H3,(H,14,15). The van der Waals surface area contributed by atoms with Gasteiger partial charge in [0, 0.05) is 12.5 Å². The number of hydrogen-bond acceptors (Lipinski definition) is 3. The van der Waals surface area contributed by atoms with Crippen molar-refractivity contribution in [3.05, 3.63) is 29.8 Å². The average molecular weight is 223 g/mol. The van der Waals surface area contributed by atoms with Crippen LogP contribution in [0.4, 0.5) is 0 Å². The number of rotatable bonds is 6. The topological polar surface area (TPSA) is 72.5 Å². The van der Waals surface area contributed by atoms with Gasteiger partial charge in [-0.3, -0.25) is 4.79 Å². The number of methoxy groups -OCH3 is 1. The first-order valence-corrected chi connectivity index (χ1v) is 5.22. The molecule has 1 atom stereocenters. The first-order valence-electron chi connectivity index (χ1n) is 5.22. The molecule has 0 heterocycles. The molecule has 0 aliphatic heterocycles. The van der Waals surface area contributed by atoms with Gasteiger partial charge in [0.05, 0.1) is 7.11 Å². The highest BCUT2D eigenvalue weighted by Crippen LogP contribution is 2.19. The van der Waals surface area contributed by atoms with E-state index in [1.165, 1.54) is 0 Å². The minimum Gasteiger partial charge on any atom is -0.496 e. The molecule has 0 aliphatic rings. The van der Waals surface area contributed by atoms with Crippen molar-refractivity contribution in [3.8, 4) is 5.75 Å². The van der Waals surface area contributed by atoms with Gasteiger partial charge in [-0.25, -0.2) is 0 Å². The molecule has 16 heavy (non-hydrogen) atoms. The van der Waals surface area contributed by atoms with Gasteiger partial charge in [-0.2, -0.15) is 0 Å². The molecule has 0 amide bonds. The van der Waals surface area contributed by atoms with Crippen LogP contribution in [0.5, 0.6) is 5.75 Å². The minimum atomic E-state index is -0.810. The van der Waals surface area contributed by atoms with Crippen LogP contribution in [0.15, 0.2) is 24.3 Å². The summed E-state index contributed by atoms with van der Waals surface area (Å²) in [7, 11) is 1.61. The van der Waals surface area contributed by atoms with Crippen LogP contribution in [0.3, 0.4) is 0 Å². The number of ether oxygens (including phenoxy) is 1. The van der Waals surface area contributed by atoms with Crippen LogP contribution in [0, 0.1) is 0 Å². The minimum absolute atomic E-state index is 0.107. The van der Waals surface area contributed by atoms with Crippen molar-refractivity contribution in [2.24, 2.45) is 5.73 Å². The Labute approximate surface area is 95.0 Å². The molecule has 4 nitrogen and oxygen atoms in total. The van der Waals surface area contributed by atoms with Crippen LogP contribution in [-0.4, -0.2) is 24.2 Å². The fourth-order valence-electron chi connectivity index (χ4n) is 1.57. The van der Waals surface area contributed by atoms with E-state index in [1.807, 2.05) is 24.3 Å². The zero-order valence-electron chi connectivity index (χ0n) is 9.35. The number of hydrogen-bond donors (Lipinski definition) is 2. The van der Waals surface area contributed by atoms with Crippen molar-refractivity contribution in [2.45, 2.75) is 25.3 Å². The Morgan fingerprint density at radius 3 is 2.81 bits per heavy atom. The maximum atomic E-state index is 10.4. The van der Waals surface area contributed by atoms with Crippen LogP contribution >= 0.6 is 0 Å². The molecular formula is C12H17NO3. The van der Waals surface area contributed by atoms with E-state index in [1.54, 1.807) is 7.11 Å². The summed E-state index contributed by atoms with van der Waals surface area (Å²) < 4.78 is 5.20. The van der Waals surface area contributed by atoms with E-state index in [0.29, 0.717) is 12.8 Å². The summed E-state index contributed by atoms with van der Waals surface area (Å²) in [6, 6.07) is 7.48. The number of carboxylic acids is 1. The molecule has 0 radical (unpaired) electrons. The molecule has 88 valence electrons. The highest BCUT2D eigenvalue weighted by Gasteiger charge is 2.09. The van der Waals surface area contributed by atoms with E-state index in [2.05, 4.69) is 0 Å². The number of aliphatic carboxylic acids is 1. The summed E-state index contributed by atoms with van der Waals surface area (Å²) >= 11 is 0. The van der Waals surface area contributed by atoms with Gasteiger partial charge < -0.3 is 15.6 Å². The molecule has 0 fully saturated rings. The summed E-state index contributed by atoms with van der Waals surface area (Å²) in [6.45, 7) is 0. The average Bonchev–Trinajstić information content (AvgIpc) is 2.27. The Morgan fingerprint density at radius 1 is 1.50 bits per heavy atom. The van der Waals surface area contributed by atoms with Crippen LogP contribution in [0.2, 0.25) is 0 Å². The van der Waals surface area contributed by atoms with Gasteiger partial charge in [0.25, 0.3) is 0 Å². The Bertz CT molecular complexity index is 352. The summed E-state index contributed by atoms with van der Waals surface area (Å²) in [5, 5.41) is 8.55. The molecule has 1 unspecified atom stereocenters. The van der Waals surface area contributed by atoms with Gasteiger partial charge in [0.1, 0.15) is 5.75 Å². The number of para-hydroxylation sites is 1. The lowest BCUT2D eigenvalue weighted by atomic mass is 10.0. The molecule has 3 N–H and O–H groups in total. The molecule has 1 aromatic rings. The van der Waals surface area contributed by atoms with Gasteiger partial charge in [-0.15, -0.1) is 0 Å². The normalized spacial score (nSPS) is 12.1. The summed E-state index contributed by atoms with van der Waals surface area (Å²) in [4.78, 5) is 10.4. The summed E-state index contributed by atoms with van der Waals surface area (Å²) in [6.07, 6.45) is 1.22. The second kappa shape index (κ2) is 6.12. The lowest BCUT2D eigenvalue weighted by Gasteiger charge is -2.13. The van der Waals surface area contributed by atoms with Crippen LogP contribution < -0.4 is 10.5 Å². The third-order valence-electron chi connectivity index (χ3n) is 2.40. The van der Waals surface area contributed by atoms with Crippen molar-refractivity contribution in [1.29, 1.82) is 0 Å². The first-order chi connectivity index (χ1) is 7.63. The second-order valence-corrected chi connectivity index (χ2v) is 3.71. The monoisotopic (exact) mass is 223 g/mol. The number of carbonyl (C=O) groups is 1. The van der Waals surface area contributed by atoms with E-state index in [0.717, 1.165) is 11.3 Å². The van der Waals surface area contributed by atoms with E-state index < -0.39 is 5.97 Å². The molecule has 0 saturated heterocycles. The molecule has 0 bridgehead atoms. The molecule has 0 spiro atoms. The van der Waals surface area contributed by atoms with Crippen molar-refractivity contribution >= 4 is 5.97 Å². The molecule has 0 saturated carbocycles. The van der Waals surface area contributed by atoms with Gasteiger partial charge >= 0.3 is 5.97 Å². The Morgan fingerprint density at radius 2 is 2.19 bits per heavy atom. The lowest BCUT2D eigenvalue weighted by molar-refractivity contribution is -0.137. The molecular weight excluding hydrogens is 206 g/mol. The SMILES string of the molecule is COc1ccccc1CC(N)CCC(=O)O. The Kier molecular flexibility index (Phi) is 4.79. The van der Waals surface area contributed by atoms with Crippen LogP contribution in [0.1, 0.15) is 18.4 Å². The fourth-order valence-corrected chi connectivity index (χ4v) is 1.57. The summed E-state index contributed by atoms with van der Waals surface area (Å²) in [5.74, 6) is -0.0104. The lowest BCUT2D eigenvalue weighted by Crippen LogP contribution is -2.24. The fraction of sp³-hybridized carbons (Fsp3) is 0.417. The predicted molar refractivity (Wildman–Crippen MR) is 61.5 cm³/mol. The van der Waals surface area contributed by atoms with E-state index in [9.17, 15) is 4.79 Å². The van der Waals surface area contributed by atoms with Crippen LogP contribution in [0.25, 0.3) is 0 Å². The van der Waals surface area contributed by atoms with Gasteiger partial charge in [-0.05, 0) is 24.5 Å². The van der Waals surface area contributed by atoms with Crippen LogP contribution in [-0.2, 0) is 11.2 Å². The van der Waals surface area contributed by atoms with E-state index in [4.69, 9.17) is 15.6 Å². The highest BCUT2D eigenvalue weighted by atomic mass is 16.5. The smallest absolute Gasteiger partial charge is 0.303 e. The molecule has 1 aromatic carbocycles. The number of nitrogens with two attached hydrogens (primary N) is 1. The Hall–Kier alpha value is -1.55. The molecule has 1 rings (SSSR count). The number of benzene rings is 1. The van der Waals surface area contributed by atoms with Crippen molar-refractivity contribution in [3.63, 3.8) is 0 Å². The van der Waals surface area contributed by atoms with Gasteiger partial charge in [0.15, 0.2) is 0 Å². The van der Waals surface area contributed by atoms with Crippen molar-refractivity contribution in [2.75, 3.05) is 7.11 Å². The highest BCUT2D eigenvalue weighted by molar-refractivity contribution is 5.66. The summed E-state index contributed by atoms with van der Waals surface area (Å²) in [5.41, 5.74) is 6.88. The largest absolute Gasteiger partial charge is 0.496 e. The van der Waals surface area contributed by atoms with E-state index >= 15 is 0 Å². The van der Waals surface area contributed by atoms with Crippen molar-refractivity contribution < 1.29 is 14.6 Å².